The molecule has 7 nitrogen and oxygen atoms in total. The molecule has 1 heterocycles. The first kappa shape index (κ1) is 19.5. The zero-order valence-corrected chi connectivity index (χ0v) is 14.6. The third-order valence-electron chi connectivity index (χ3n) is 3.48. The summed E-state index contributed by atoms with van der Waals surface area (Å²) in [6.45, 7) is 9.17. The molecule has 0 spiro atoms. The summed E-state index contributed by atoms with van der Waals surface area (Å²) in [5.41, 5.74) is -0.354. The maximum atomic E-state index is 12.0. The first-order valence-corrected chi connectivity index (χ1v) is 8.87. The number of thioether (sulfide) groups is 1. The van der Waals surface area contributed by atoms with Crippen LogP contribution < -0.4 is 16.0 Å². The summed E-state index contributed by atoms with van der Waals surface area (Å²) < 4.78 is 0. The molecule has 23 heavy (non-hydrogen) atoms. The zero-order chi connectivity index (χ0) is 17.2. The molecule has 2 unspecified atom stereocenters. The lowest BCUT2D eigenvalue weighted by Gasteiger charge is -2.31. The summed E-state index contributed by atoms with van der Waals surface area (Å²) in [5, 5.41) is 8.68. The van der Waals surface area contributed by atoms with Crippen LogP contribution in [0.3, 0.4) is 0 Å². The van der Waals surface area contributed by atoms with Crippen LogP contribution in [-0.4, -0.2) is 59.5 Å². The fourth-order valence-electron chi connectivity index (χ4n) is 2.27. The number of carbonyl (C=O) groups excluding carboxylic acids is 3. The number of hydrogen-bond donors (Lipinski definition) is 3. The van der Waals surface area contributed by atoms with Crippen molar-refractivity contribution in [2.45, 2.75) is 38.2 Å². The molecule has 1 rings (SSSR count). The molecule has 1 aliphatic rings. The Morgan fingerprint density at radius 2 is 2.13 bits per heavy atom. The van der Waals surface area contributed by atoms with E-state index in [0.29, 0.717) is 19.6 Å². The van der Waals surface area contributed by atoms with Crippen molar-refractivity contribution < 1.29 is 14.4 Å². The van der Waals surface area contributed by atoms with E-state index >= 15 is 0 Å². The van der Waals surface area contributed by atoms with Gasteiger partial charge in [-0.05, 0) is 13.8 Å². The highest BCUT2D eigenvalue weighted by molar-refractivity contribution is 8.00. The van der Waals surface area contributed by atoms with Crippen LogP contribution in [0.4, 0.5) is 0 Å². The van der Waals surface area contributed by atoms with E-state index in [1.807, 2.05) is 13.8 Å². The van der Waals surface area contributed by atoms with Crippen molar-refractivity contribution in [3.8, 4) is 0 Å². The molecule has 0 radical (unpaired) electrons. The largest absolute Gasteiger partial charge is 0.353 e. The fourth-order valence-corrected chi connectivity index (χ4v) is 3.26. The molecular formula is C15H26N4O3S. The molecule has 1 saturated heterocycles. The summed E-state index contributed by atoms with van der Waals surface area (Å²) in [7, 11) is 0. The Labute approximate surface area is 141 Å². The van der Waals surface area contributed by atoms with E-state index in [9.17, 15) is 14.4 Å². The van der Waals surface area contributed by atoms with Gasteiger partial charge in [0, 0.05) is 38.5 Å². The minimum atomic E-state index is -0.354. The highest BCUT2D eigenvalue weighted by atomic mass is 32.2. The van der Waals surface area contributed by atoms with E-state index in [4.69, 9.17) is 0 Å². The predicted molar refractivity (Wildman–Crippen MR) is 91.7 cm³/mol. The molecule has 2 atom stereocenters. The van der Waals surface area contributed by atoms with Gasteiger partial charge >= 0.3 is 0 Å². The Morgan fingerprint density at radius 3 is 2.74 bits per heavy atom. The van der Waals surface area contributed by atoms with Crippen molar-refractivity contribution in [2.75, 3.05) is 25.4 Å². The Kier molecular flexibility index (Phi) is 8.71. The molecule has 130 valence electrons. The number of rotatable bonds is 9. The molecule has 0 aliphatic carbocycles. The minimum absolute atomic E-state index is 0.0434. The van der Waals surface area contributed by atoms with Crippen LogP contribution in [-0.2, 0) is 14.4 Å². The summed E-state index contributed by atoms with van der Waals surface area (Å²) in [6, 6.07) is -0.227. The number of hydrogen-bond acceptors (Lipinski definition) is 5. The predicted octanol–water partition coefficient (Wildman–Crippen LogP) is 0.0420. The van der Waals surface area contributed by atoms with E-state index in [-0.39, 0.29) is 47.9 Å². The maximum absolute atomic E-state index is 12.0. The summed E-state index contributed by atoms with van der Waals surface area (Å²) in [6.07, 6.45) is 2.08. The first-order chi connectivity index (χ1) is 11.0. The molecule has 0 bridgehead atoms. The standard InChI is InChI=1S/C15H26N4O3S/c1-4-7-16-12(20)8-11-9-13(21)18-15(17-11)23-10-14(22)19(5-2)6-3/h4,11,15,17H,1,5-10H2,2-3H3,(H,16,20)(H,18,21). The normalized spacial score (nSPS) is 20.5. The second-order valence-corrected chi connectivity index (χ2v) is 6.28. The number of carbonyl (C=O) groups is 3. The van der Waals surface area contributed by atoms with Gasteiger partial charge in [-0.15, -0.1) is 18.3 Å². The van der Waals surface area contributed by atoms with Gasteiger partial charge in [0.1, 0.15) is 5.50 Å². The minimum Gasteiger partial charge on any atom is -0.353 e. The van der Waals surface area contributed by atoms with Crippen LogP contribution in [0, 0.1) is 0 Å². The van der Waals surface area contributed by atoms with Crippen LogP contribution in [0.1, 0.15) is 26.7 Å². The van der Waals surface area contributed by atoms with E-state index in [0.717, 1.165) is 0 Å². The second-order valence-electron chi connectivity index (χ2n) is 5.19. The molecule has 3 N–H and O–H groups in total. The summed E-state index contributed by atoms with van der Waals surface area (Å²) in [5.74, 6) is 0.0923. The van der Waals surface area contributed by atoms with Gasteiger partial charge in [-0.3, -0.25) is 19.7 Å². The van der Waals surface area contributed by atoms with Gasteiger partial charge in [0.15, 0.2) is 0 Å². The van der Waals surface area contributed by atoms with Crippen LogP contribution in [0.5, 0.6) is 0 Å². The van der Waals surface area contributed by atoms with Gasteiger partial charge in [0.05, 0.1) is 5.75 Å². The number of amides is 3. The van der Waals surface area contributed by atoms with E-state index in [1.165, 1.54) is 11.8 Å². The van der Waals surface area contributed by atoms with Gasteiger partial charge in [-0.25, -0.2) is 0 Å². The van der Waals surface area contributed by atoms with Crippen molar-refractivity contribution in [2.24, 2.45) is 0 Å². The van der Waals surface area contributed by atoms with Gasteiger partial charge in [0.2, 0.25) is 17.7 Å². The van der Waals surface area contributed by atoms with Crippen molar-refractivity contribution in [3.05, 3.63) is 12.7 Å². The zero-order valence-electron chi connectivity index (χ0n) is 13.8. The molecule has 1 fully saturated rings. The summed E-state index contributed by atoms with van der Waals surface area (Å²) >= 11 is 1.33. The number of nitrogens with one attached hydrogen (secondary N) is 3. The highest BCUT2D eigenvalue weighted by Crippen LogP contribution is 2.14. The second kappa shape index (κ2) is 10.3. The molecule has 3 amide bonds. The van der Waals surface area contributed by atoms with E-state index in [2.05, 4.69) is 22.5 Å². The number of nitrogens with zero attached hydrogens (tertiary/aromatic N) is 1. The van der Waals surface area contributed by atoms with Crippen LogP contribution in [0.2, 0.25) is 0 Å². The van der Waals surface area contributed by atoms with Crippen molar-refractivity contribution in [1.82, 2.24) is 20.9 Å². The third kappa shape index (κ3) is 7.04. The maximum Gasteiger partial charge on any atom is 0.232 e. The van der Waals surface area contributed by atoms with Gasteiger partial charge in [-0.2, -0.15) is 0 Å². The van der Waals surface area contributed by atoms with Gasteiger partial charge < -0.3 is 15.5 Å². The Bertz CT molecular complexity index is 440. The van der Waals surface area contributed by atoms with Crippen molar-refractivity contribution in [3.63, 3.8) is 0 Å². The fraction of sp³-hybridized carbons (Fsp3) is 0.667. The molecule has 1 aliphatic heterocycles. The lowest BCUT2D eigenvalue weighted by Crippen LogP contribution is -2.56. The summed E-state index contributed by atoms with van der Waals surface area (Å²) in [4.78, 5) is 37.2. The lowest BCUT2D eigenvalue weighted by molar-refractivity contribution is -0.128. The molecule has 0 aromatic carbocycles. The molecule has 0 aromatic heterocycles. The quantitative estimate of drug-likeness (QED) is 0.515. The Hall–Kier alpha value is -1.54. The van der Waals surface area contributed by atoms with Crippen molar-refractivity contribution >= 4 is 29.5 Å². The topological polar surface area (TPSA) is 90.5 Å². The van der Waals surface area contributed by atoms with Crippen molar-refractivity contribution in [1.29, 1.82) is 0 Å². The Morgan fingerprint density at radius 1 is 1.43 bits per heavy atom. The smallest absolute Gasteiger partial charge is 0.232 e. The Balaban J connectivity index is 2.44. The average Bonchev–Trinajstić information content (AvgIpc) is 2.51. The lowest BCUT2D eigenvalue weighted by atomic mass is 10.1. The van der Waals surface area contributed by atoms with Crippen LogP contribution in [0.25, 0.3) is 0 Å². The highest BCUT2D eigenvalue weighted by Gasteiger charge is 2.28. The monoisotopic (exact) mass is 342 g/mol. The molecule has 8 heteroatoms. The average molecular weight is 342 g/mol. The van der Waals surface area contributed by atoms with Crippen LogP contribution >= 0.6 is 11.8 Å². The SMILES string of the molecule is C=CCNC(=O)CC1CC(=O)NC(SCC(=O)N(CC)CC)N1. The van der Waals surface area contributed by atoms with E-state index < -0.39 is 0 Å². The van der Waals surface area contributed by atoms with Gasteiger partial charge in [-0.1, -0.05) is 6.08 Å². The third-order valence-corrected chi connectivity index (χ3v) is 4.48. The molecule has 0 aromatic rings. The molecular weight excluding hydrogens is 316 g/mol. The van der Waals surface area contributed by atoms with Crippen LogP contribution in [0.15, 0.2) is 12.7 Å². The first-order valence-electron chi connectivity index (χ1n) is 7.82. The van der Waals surface area contributed by atoms with Gasteiger partial charge in [0.25, 0.3) is 0 Å². The molecule has 0 saturated carbocycles. The van der Waals surface area contributed by atoms with E-state index in [1.54, 1.807) is 11.0 Å².